The fraction of sp³-hybridized carbons (Fsp3) is 0.929. The molecule has 374 valence electrons. The van der Waals surface area contributed by atoms with Crippen LogP contribution in [0, 0.1) is 34.5 Å². The van der Waals surface area contributed by atoms with E-state index in [4.69, 9.17) is 18.9 Å². The Morgan fingerprint density at radius 3 is 1.98 bits per heavy atom. The zero-order chi connectivity index (χ0) is 46.7. The number of hydrogen-bond acceptors (Lipinski definition) is 9. The van der Waals surface area contributed by atoms with Gasteiger partial charge in [-0.25, -0.2) is 0 Å². The van der Waals surface area contributed by atoms with Gasteiger partial charge in [-0.2, -0.15) is 0 Å². The molecule has 9 unspecified atom stereocenters. The summed E-state index contributed by atoms with van der Waals surface area (Å²) in [5.41, 5.74) is -1.27. The van der Waals surface area contributed by atoms with E-state index in [1.165, 1.54) is 64.2 Å². The Morgan fingerprint density at radius 1 is 0.692 bits per heavy atom. The first-order valence-corrected chi connectivity index (χ1v) is 27.9. The van der Waals surface area contributed by atoms with Gasteiger partial charge in [0.1, 0.15) is 11.9 Å². The number of fused-ring (bicyclic) bond motifs is 7. The van der Waals surface area contributed by atoms with Gasteiger partial charge in [0.2, 0.25) is 5.78 Å². The second-order valence-corrected chi connectivity index (χ2v) is 22.2. The van der Waals surface area contributed by atoms with E-state index in [0.29, 0.717) is 48.7 Å². The smallest absolute Gasteiger partial charge is 0.306 e. The Bertz CT molecular complexity index is 1440. The molecule has 1 saturated heterocycles. The van der Waals surface area contributed by atoms with Gasteiger partial charge in [-0.05, 0) is 151 Å². The lowest BCUT2D eigenvalue weighted by atomic mass is 9.44. The van der Waals surface area contributed by atoms with Crippen LogP contribution in [0.4, 0.5) is 0 Å². The van der Waals surface area contributed by atoms with Crippen molar-refractivity contribution in [3.05, 3.63) is 0 Å². The van der Waals surface area contributed by atoms with Crippen LogP contribution in [0.5, 0.6) is 0 Å². The summed E-state index contributed by atoms with van der Waals surface area (Å²) in [7, 11) is 0. The van der Waals surface area contributed by atoms with Gasteiger partial charge in [0.25, 0.3) is 0 Å². The lowest BCUT2D eigenvalue weighted by molar-refractivity contribution is -0.195. The number of nitrogens with zero attached hydrogens (tertiary/aromatic N) is 1. The molecule has 1 aliphatic heterocycles. The fourth-order valence-electron chi connectivity index (χ4n) is 13.8. The van der Waals surface area contributed by atoms with Crippen molar-refractivity contribution in [1.82, 2.24) is 4.90 Å². The highest BCUT2D eigenvalue weighted by Gasteiger charge is 2.75. The molecule has 1 heterocycles. The van der Waals surface area contributed by atoms with E-state index in [9.17, 15) is 19.2 Å². The lowest BCUT2D eigenvalue weighted by Gasteiger charge is -2.61. The van der Waals surface area contributed by atoms with Crippen molar-refractivity contribution in [1.29, 1.82) is 0 Å². The predicted octanol–water partition coefficient (Wildman–Crippen LogP) is 13.5. The molecular formula is C56H97NO8. The minimum Gasteiger partial charge on any atom is -0.462 e. The molecule has 0 spiro atoms. The number of unbranched alkanes of at least 4 members (excludes halogenated alkanes) is 13. The zero-order valence-corrected chi connectivity index (χ0v) is 42.7. The summed E-state index contributed by atoms with van der Waals surface area (Å²) in [5.74, 6) is 1.89. The molecule has 5 fully saturated rings. The van der Waals surface area contributed by atoms with Gasteiger partial charge in [0.05, 0.1) is 6.10 Å². The van der Waals surface area contributed by atoms with Gasteiger partial charge < -0.3 is 23.8 Å². The lowest BCUT2D eigenvalue weighted by Crippen LogP contribution is -2.61. The summed E-state index contributed by atoms with van der Waals surface area (Å²) < 4.78 is 25.2. The number of carbonyl (C=O) groups excluding carboxylic acids is 4. The van der Waals surface area contributed by atoms with Crippen LogP contribution < -0.4 is 0 Å². The maximum absolute atomic E-state index is 14.6. The Balaban J connectivity index is 0.989. The minimum absolute atomic E-state index is 0.00194. The van der Waals surface area contributed by atoms with Crippen molar-refractivity contribution < 1.29 is 38.1 Å². The van der Waals surface area contributed by atoms with Crippen LogP contribution in [0.25, 0.3) is 0 Å². The largest absolute Gasteiger partial charge is 0.462 e. The monoisotopic (exact) mass is 912 g/mol. The maximum Gasteiger partial charge on any atom is 0.306 e. The first-order chi connectivity index (χ1) is 31.4. The molecule has 0 aromatic heterocycles. The Morgan fingerprint density at radius 2 is 1.31 bits per heavy atom. The van der Waals surface area contributed by atoms with E-state index in [1.54, 1.807) is 0 Å². The van der Waals surface area contributed by atoms with Crippen LogP contribution in [0.2, 0.25) is 0 Å². The van der Waals surface area contributed by atoms with Crippen LogP contribution in [-0.2, 0) is 38.1 Å². The molecule has 65 heavy (non-hydrogen) atoms. The van der Waals surface area contributed by atoms with E-state index in [1.807, 2.05) is 0 Å². The third kappa shape index (κ3) is 14.4. The Kier molecular flexibility index (Phi) is 22.8. The van der Waals surface area contributed by atoms with Crippen molar-refractivity contribution in [3.8, 4) is 0 Å². The van der Waals surface area contributed by atoms with Gasteiger partial charge in [-0.15, -0.1) is 0 Å². The van der Waals surface area contributed by atoms with Crippen LogP contribution in [0.1, 0.15) is 247 Å². The second-order valence-electron chi connectivity index (χ2n) is 22.2. The van der Waals surface area contributed by atoms with Crippen molar-refractivity contribution in [2.24, 2.45) is 34.5 Å². The highest BCUT2D eigenvalue weighted by molar-refractivity contribution is 5.92. The molecule has 0 aromatic rings. The molecule has 5 rings (SSSR count). The number of Topliss-reactive ketones (excluding diaryl/α,β-unsaturated/α-hetero) is 2. The first kappa shape index (κ1) is 54.1. The van der Waals surface area contributed by atoms with Crippen LogP contribution in [-0.4, -0.2) is 78.7 Å². The summed E-state index contributed by atoms with van der Waals surface area (Å²) in [5, 5.41) is 0. The molecule has 4 saturated carbocycles. The minimum atomic E-state index is -1.08. The van der Waals surface area contributed by atoms with Crippen molar-refractivity contribution >= 4 is 23.5 Å². The summed E-state index contributed by atoms with van der Waals surface area (Å²) in [6, 6.07) is 0. The predicted molar refractivity (Wildman–Crippen MR) is 260 cm³/mol. The molecule has 0 radical (unpaired) electrons. The van der Waals surface area contributed by atoms with Crippen molar-refractivity contribution in [3.63, 3.8) is 0 Å². The second kappa shape index (κ2) is 27.4. The molecule has 0 bridgehead atoms. The number of carbonyl (C=O) groups is 4. The molecule has 9 nitrogen and oxygen atoms in total. The average Bonchev–Trinajstić information content (AvgIpc) is 3.78. The molecule has 9 atom stereocenters. The number of esters is 2. The first-order valence-electron chi connectivity index (χ1n) is 27.9. The van der Waals surface area contributed by atoms with E-state index < -0.39 is 11.9 Å². The normalized spacial score (nSPS) is 30.6. The van der Waals surface area contributed by atoms with Crippen LogP contribution >= 0.6 is 0 Å². The van der Waals surface area contributed by atoms with E-state index >= 15 is 0 Å². The standard InChI is InChI=1S/C56H97NO8/c1-7-11-14-20-27-45(28-21-15-12-8-2)63-52(61)30-22-17-16-18-24-38-57(37-13-9-3)39-25-19-23-29-51(60)62-42-49(59)56-50(64-53(65-56)26-10-4)41-48-46-32-31-43-40-44(58)33-35-54(43,5)47(46)34-36-55(48,56)6/h43,45-48,50,53H,7-42H2,1-6H3. The molecular weight excluding hydrogens is 815 g/mol. The molecule has 4 aliphatic carbocycles. The van der Waals surface area contributed by atoms with E-state index in [-0.39, 0.29) is 47.4 Å². The van der Waals surface area contributed by atoms with Crippen LogP contribution in [0.15, 0.2) is 0 Å². The highest BCUT2D eigenvalue weighted by Crippen LogP contribution is 2.70. The number of hydrogen-bond donors (Lipinski definition) is 0. The summed E-state index contributed by atoms with van der Waals surface area (Å²) in [6.45, 7) is 16.6. The zero-order valence-electron chi connectivity index (χ0n) is 42.7. The maximum atomic E-state index is 14.6. The van der Waals surface area contributed by atoms with Gasteiger partial charge in [-0.1, -0.05) is 119 Å². The van der Waals surface area contributed by atoms with Gasteiger partial charge in [0.15, 0.2) is 18.5 Å². The highest BCUT2D eigenvalue weighted by atomic mass is 16.7. The third-order valence-electron chi connectivity index (χ3n) is 17.7. The average molecular weight is 912 g/mol. The number of ether oxygens (including phenoxy) is 4. The summed E-state index contributed by atoms with van der Waals surface area (Å²) in [6.07, 6.45) is 31.8. The summed E-state index contributed by atoms with van der Waals surface area (Å²) in [4.78, 5) is 55.5. The van der Waals surface area contributed by atoms with Crippen LogP contribution in [0.3, 0.4) is 0 Å². The molecule has 0 N–H and O–H groups in total. The Labute approximate surface area is 397 Å². The number of ketones is 2. The molecule has 0 amide bonds. The topological polar surface area (TPSA) is 108 Å². The fourth-order valence-corrected chi connectivity index (χ4v) is 13.8. The van der Waals surface area contributed by atoms with E-state index in [0.717, 1.165) is 142 Å². The molecule has 9 heteroatoms. The van der Waals surface area contributed by atoms with Gasteiger partial charge in [0, 0.05) is 31.1 Å². The van der Waals surface area contributed by atoms with E-state index in [2.05, 4.69) is 46.4 Å². The summed E-state index contributed by atoms with van der Waals surface area (Å²) >= 11 is 0. The number of rotatable bonds is 33. The Hall–Kier alpha value is -1.84. The quantitative estimate of drug-likeness (QED) is 0.0470. The van der Waals surface area contributed by atoms with Gasteiger partial charge >= 0.3 is 11.9 Å². The van der Waals surface area contributed by atoms with Crippen molar-refractivity contribution in [2.45, 2.75) is 271 Å². The molecule has 0 aromatic carbocycles. The third-order valence-corrected chi connectivity index (χ3v) is 17.7. The van der Waals surface area contributed by atoms with Crippen molar-refractivity contribution in [2.75, 3.05) is 26.2 Å². The SMILES string of the molecule is CCCCCCC(CCCCCC)OC(=O)CCCCCCCN(CCCC)CCCCCC(=O)OCC(=O)C12OC(CCC)OC1CC1C3CCC4CC(=O)CCC4(C)C3CCC12C. The van der Waals surface area contributed by atoms with Gasteiger partial charge in [-0.3, -0.25) is 19.2 Å². The molecule has 5 aliphatic rings.